The Kier molecular flexibility index (Phi) is 17.2. The highest BCUT2D eigenvalue weighted by atomic mass is 16.7. The number of allylic oxidation sites excluding steroid dienone is 1. The van der Waals surface area contributed by atoms with Gasteiger partial charge in [0.05, 0.1) is 49.0 Å². The van der Waals surface area contributed by atoms with Crippen molar-refractivity contribution in [3.05, 3.63) is 82.4 Å². The number of amides is 1. The molecule has 6 rings (SSSR count). The largest absolute Gasteiger partial charge is 0.459 e. The van der Waals surface area contributed by atoms with Crippen LogP contribution in [0.15, 0.2) is 71.9 Å². The molecule has 4 aliphatic rings. The number of aliphatic hydroxyl groups excluding tert-OH is 3. The first-order valence-electron chi connectivity index (χ1n) is 23.1. The summed E-state index contributed by atoms with van der Waals surface area (Å²) in [4.78, 5) is 34.2. The number of ether oxygens (including phenoxy) is 4. The SMILES string of the molecule is C=CCO[C@@]12Oc3ccc(Oc4cccc([N+](=O)[O-])c4)cc3[C@H]3[C@H](CCCCO)[C@@H](CCCCO)C=C(C(=NOC(C)(C)C)C[C@@H]1N(CCOCCO)C(=O)CCC1CCCC1)[C@H]32. The van der Waals surface area contributed by atoms with E-state index in [4.69, 9.17) is 28.9 Å². The van der Waals surface area contributed by atoms with E-state index in [1.54, 1.807) is 24.3 Å². The molecular weight excluding hydrogens is 807 g/mol. The second kappa shape index (κ2) is 22.5. The lowest BCUT2D eigenvalue weighted by atomic mass is 9.55. The summed E-state index contributed by atoms with van der Waals surface area (Å²) in [6.45, 7) is 10.6. The van der Waals surface area contributed by atoms with Gasteiger partial charge in [0.2, 0.25) is 11.7 Å². The van der Waals surface area contributed by atoms with E-state index in [0.717, 1.165) is 56.1 Å². The summed E-state index contributed by atoms with van der Waals surface area (Å²) >= 11 is 0. The number of carbonyl (C=O) groups excluding carboxylic acids is 1. The fraction of sp³-hybridized carbons (Fsp3) is 0.633. The maximum Gasteiger partial charge on any atom is 0.273 e. The van der Waals surface area contributed by atoms with Gasteiger partial charge in [0.25, 0.3) is 5.69 Å². The number of hydrogen-bond acceptors (Lipinski definition) is 12. The van der Waals surface area contributed by atoms with E-state index < -0.39 is 28.3 Å². The molecule has 1 aliphatic heterocycles. The van der Waals surface area contributed by atoms with E-state index in [0.29, 0.717) is 48.1 Å². The van der Waals surface area contributed by atoms with Gasteiger partial charge in [0, 0.05) is 50.1 Å². The average molecular weight is 876 g/mol. The molecule has 0 radical (unpaired) electrons. The Bertz CT molecular complexity index is 1910. The zero-order chi connectivity index (χ0) is 45.0. The maximum absolute atomic E-state index is 14.9. The quantitative estimate of drug-likeness (QED) is 0.0397. The minimum atomic E-state index is -1.44. The number of unbranched alkanes of at least 4 members (excludes halogenated alkanes) is 2. The molecule has 63 heavy (non-hydrogen) atoms. The van der Waals surface area contributed by atoms with Crippen LogP contribution in [-0.4, -0.2) is 100 Å². The van der Waals surface area contributed by atoms with Crippen LogP contribution in [0.25, 0.3) is 0 Å². The summed E-state index contributed by atoms with van der Waals surface area (Å²) in [7, 11) is 0. The molecule has 1 amide bonds. The number of nitro benzene ring substituents is 1. The lowest BCUT2D eigenvalue weighted by Crippen LogP contribution is -2.70. The highest BCUT2D eigenvalue weighted by molar-refractivity contribution is 6.03. The van der Waals surface area contributed by atoms with Crippen LogP contribution in [0.4, 0.5) is 5.69 Å². The number of hydrogen-bond donors (Lipinski definition) is 3. The Labute approximate surface area is 372 Å². The summed E-state index contributed by atoms with van der Waals surface area (Å²) in [5, 5.41) is 46.1. The molecule has 2 aromatic carbocycles. The molecule has 3 aliphatic carbocycles. The monoisotopic (exact) mass is 875 g/mol. The van der Waals surface area contributed by atoms with Crippen molar-refractivity contribution in [1.82, 2.24) is 4.90 Å². The van der Waals surface area contributed by atoms with Crippen LogP contribution in [-0.2, 0) is 19.1 Å². The number of nitrogens with zero attached hydrogens (tertiary/aromatic N) is 3. The van der Waals surface area contributed by atoms with Crippen LogP contribution in [0.2, 0.25) is 0 Å². The Morgan fingerprint density at radius 3 is 2.44 bits per heavy atom. The van der Waals surface area contributed by atoms with Gasteiger partial charge in [-0.05, 0) is 100 Å². The van der Waals surface area contributed by atoms with Crippen molar-refractivity contribution in [2.75, 3.05) is 46.2 Å². The van der Waals surface area contributed by atoms with E-state index in [1.165, 1.54) is 25.0 Å². The van der Waals surface area contributed by atoms with Gasteiger partial charge in [0.15, 0.2) is 0 Å². The van der Waals surface area contributed by atoms with Gasteiger partial charge in [-0.1, -0.05) is 61.9 Å². The van der Waals surface area contributed by atoms with Gasteiger partial charge in [-0.2, -0.15) is 0 Å². The van der Waals surface area contributed by atoms with Crippen molar-refractivity contribution in [1.29, 1.82) is 0 Å². The number of aliphatic hydroxyl groups is 3. The lowest BCUT2D eigenvalue weighted by Gasteiger charge is -2.60. The Balaban J connectivity index is 1.57. The molecule has 0 aromatic heterocycles. The standard InChI is InChI=1S/C49H69N3O11/c1-5-27-60-49-44(51(23-28-59-29-26-55)45(56)22-19-34-13-6-7-14-34)33-42(50-63-48(2,3)4)40-30-35(15-8-10-24-53)39(18-9-11-25-54)46(47(40)49)41-32-38(20-21-43(41)62-49)61-37-17-12-16-36(31-37)52(57)58/h5,12,16-17,20-21,30-32,34-35,39,44,46-47,53-55H,1,6-11,13-15,18-19,22-29,33H2,2-4H3/t35-,39+,44-,46+,47+,49+/m0/s1. The molecule has 346 valence electrons. The normalized spacial score (nSPS) is 24.8. The molecule has 0 unspecified atom stereocenters. The van der Waals surface area contributed by atoms with Crippen LogP contribution >= 0.6 is 0 Å². The summed E-state index contributed by atoms with van der Waals surface area (Å²) in [5.41, 5.74) is 1.78. The van der Waals surface area contributed by atoms with Crippen LogP contribution < -0.4 is 9.47 Å². The van der Waals surface area contributed by atoms with Crippen LogP contribution in [0.3, 0.4) is 0 Å². The summed E-state index contributed by atoms with van der Waals surface area (Å²) in [5.74, 6) is -0.395. The number of oxime groups is 1. The minimum absolute atomic E-state index is 0.00523. The first kappa shape index (κ1) is 48.1. The fourth-order valence-corrected chi connectivity index (χ4v) is 10.3. The highest BCUT2D eigenvalue weighted by Crippen LogP contribution is 2.62. The van der Waals surface area contributed by atoms with Gasteiger partial charge < -0.3 is 44.0 Å². The van der Waals surface area contributed by atoms with Crippen molar-refractivity contribution in [3.8, 4) is 17.2 Å². The van der Waals surface area contributed by atoms with E-state index in [1.807, 2.05) is 37.8 Å². The Hall–Kier alpha value is -4.34. The smallest absolute Gasteiger partial charge is 0.273 e. The van der Waals surface area contributed by atoms with Crippen LogP contribution in [0, 0.1) is 33.8 Å². The van der Waals surface area contributed by atoms with Gasteiger partial charge >= 0.3 is 0 Å². The second-order valence-electron chi connectivity index (χ2n) is 18.4. The first-order valence-corrected chi connectivity index (χ1v) is 23.1. The van der Waals surface area contributed by atoms with E-state index in [9.17, 15) is 30.2 Å². The number of fused-ring (bicyclic) bond motifs is 2. The third-order valence-corrected chi connectivity index (χ3v) is 13.0. The molecule has 14 nitrogen and oxygen atoms in total. The number of non-ortho nitro benzene ring substituents is 1. The summed E-state index contributed by atoms with van der Waals surface area (Å²) in [6, 6.07) is 11.0. The lowest BCUT2D eigenvalue weighted by molar-refractivity contribution is -0.384. The number of rotatable bonds is 24. The van der Waals surface area contributed by atoms with Crippen molar-refractivity contribution in [3.63, 3.8) is 0 Å². The van der Waals surface area contributed by atoms with Gasteiger partial charge in [-0.15, -0.1) is 6.58 Å². The third kappa shape index (κ3) is 11.9. The number of benzene rings is 2. The highest BCUT2D eigenvalue weighted by Gasteiger charge is 2.65. The Morgan fingerprint density at radius 2 is 1.75 bits per heavy atom. The minimum Gasteiger partial charge on any atom is -0.459 e. The third-order valence-electron chi connectivity index (χ3n) is 13.0. The molecule has 3 N–H and O–H groups in total. The molecular formula is C49H69N3O11. The van der Waals surface area contributed by atoms with Gasteiger partial charge in [-0.25, -0.2) is 0 Å². The Morgan fingerprint density at radius 1 is 1.00 bits per heavy atom. The molecule has 2 fully saturated rings. The average Bonchev–Trinajstić information content (AvgIpc) is 3.79. The second-order valence-corrected chi connectivity index (χ2v) is 18.4. The molecule has 1 heterocycles. The van der Waals surface area contributed by atoms with E-state index in [-0.39, 0.29) is 82.0 Å². The molecule has 6 atom stereocenters. The predicted octanol–water partition coefficient (Wildman–Crippen LogP) is 8.63. The number of carbonyl (C=O) groups is 1. The van der Waals surface area contributed by atoms with Crippen LogP contribution in [0.5, 0.6) is 17.2 Å². The van der Waals surface area contributed by atoms with Crippen molar-refractivity contribution < 1.29 is 48.8 Å². The van der Waals surface area contributed by atoms with Crippen molar-refractivity contribution >= 4 is 17.3 Å². The summed E-state index contributed by atoms with van der Waals surface area (Å²) in [6.07, 6.45) is 14.4. The topological polar surface area (TPSA) is 183 Å². The van der Waals surface area contributed by atoms with Gasteiger partial charge in [-0.3, -0.25) is 14.9 Å². The zero-order valence-electron chi connectivity index (χ0n) is 37.5. The predicted molar refractivity (Wildman–Crippen MR) is 240 cm³/mol. The van der Waals surface area contributed by atoms with Crippen LogP contribution in [0.1, 0.15) is 116 Å². The molecule has 0 saturated heterocycles. The van der Waals surface area contributed by atoms with E-state index in [2.05, 4.69) is 12.7 Å². The molecule has 2 aromatic rings. The van der Waals surface area contributed by atoms with E-state index >= 15 is 0 Å². The summed E-state index contributed by atoms with van der Waals surface area (Å²) < 4.78 is 26.7. The molecule has 14 heteroatoms. The maximum atomic E-state index is 14.9. The van der Waals surface area contributed by atoms with Gasteiger partial charge in [0.1, 0.15) is 28.9 Å². The fourth-order valence-electron chi connectivity index (χ4n) is 10.3. The first-order chi connectivity index (χ1) is 30.4. The van der Waals surface area contributed by atoms with Crippen molar-refractivity contribution in [2.45, 2.75) is 128 Å². The molecule has 0 spiro atoms. The van der Waals surface area contributed by atoms with Crippen molar-refractivity contribution in [2.24, 2.45) is 28.8 Å². The zero-order valence-corrected chi connectivity index (χ0v) is 37.5. The molecule has 2 saturated carbocycles. The molecule has 0 bridgehead atoms. The number of nitro groups is 1.